The summed E-state index contributed by atoms with van der Waals surface area (Å²) in [6.07, 6.45) is 5.56. The van der Waals surface area contributed by atoms with Gasteiger partial charge in [-0.15, -0.1) is 0 Å². The summed E-state index contributed by atoms with van der Waals surface area (Å²) in [6.45, 7) is 8.08. The average molecular weight is 227 g/mol. The lowest BCUT2D eigenvalue weighted by atomic mass is 9.82. The van der Waals surface area contributed by atoms with E-state index in [0.717, 1.165) is 13.0 Å². The first-order valence-corrected chi connectivity index (χ1v) is 6.34. The van der Waals surface area contributed by atoms with Crippen LogP contribution >= 0.6 is 0 Å². The summed E-state index contributed by atoms with van der Waals surface area (Å²) in [5.41, 5.74) is 6.00. The number of nitrogens with zero attached hydrogens (tertiary/aromatic N) is 2. The average Bonchev–Trinajstić information content (AvgIpc) is 2.73. The van der Waals surface area contributed by atoms with Crippen molar-refractivity contribution >= 4 is 5.84 Å². The van der Waals surface area contributed by atoms with Crippen LogP contribution in [0, 0.1) is 5.41 Å². The monoisotopic (exact) mass is 227 g/mol. The van der Waals surface area contributed by atoms with Crippen molar-refractivity contribution in [1.82, 2.24) is 4.90 Å². The van der Waals surface area contributed by atoms with Gasteiger partial charge in [-0.05, 0) is 44.2 Å². The topological polar surface area (TPSA) is 61.8 Å². The molecule has 0 spiro atoms. The van der Waals surface area contributed by atoms with Crippen LogP contribution in [-0.2, 0) is 0 Å². The number of oxime groups is 1. The van der Waals surface area contributed by atoms with Gasteiger partial charge in [0.2, 0.25) is 0 Å². The molecule has 0 amide bonds. The highest BCUT2D eigenvalue weighted by atomic mass is 16.4. The Balaban J connectivity index is 2.26. The maximum absolute atomic E-state index is 8.44. The van der Waals surface area contributed by atoms with Crippen LogP contribution < -0.4 is 5.73 Å². The molecule has 1 rings (SSSR count). The number of hydrogen-bond acceptors (Lipinski definition) is 3. The summed E-state index contributed by atoms with van der Waals surface area (Å²) in [6, 6.07) is 0. The molecule has 0 saturated carbocycles. The van der Waals surface area contributed by atoms with Crippen LogP contribution in [0.15, 0.2) is 5.16 Å². The van der Waals surface area contributed by atoms with E-state index >= 15 is 0 Å². The summed E-state index contributed by atoms with van der Waals surface area (Å²) in [7, 11) is 0. The van der Waals surface area contributed by atoms with E-state index in [4.69, 9.17) is 10.9 Å². The number of nitrogens with two attached hydrogens (primary N) is 1. The molecule has 0 aromatic rings. The highest BCUT2D eigenvalue weighted by Crippen LogP contribution is 2.36. The molecule has 1 saturated heterocycles. The lowest BCUT2D eigenvalue weighted by molar-refractivity contribution is 0.239. The zero-order valence-electron chi connectivity index (χ0n) is 10.6. The Morgan fingerprint density at radius 1 is 1.44 bits per heavy atom. The van der Waals surface area contributed by atoms with Crippen molar-refractivity contribution in [2.24, 2.45) is 16.3 Å². The van der Waals surface area contributed by atoms with E-state index in [9.17, 15) is 0 Å². The number of amidine groups is 1. The second-order valence-electron chi connectivity index (χ2n) is 4.93. The molecule has 0 bridgehead atoms. The minimum atomic E-state index is 0.344. The van der Waals surface area contributed by atoms with Crippen molar-refractivity contribution in [1.29, 1.82) is 0 Å². The Kier molecular flexibility index (Phi) is 5.06. The van der Waals surface area contributed by atoms with Gasteiger partial charge in [0.1, 0.15) is 5.84 Å². The predicted octanol–water partition coefficient (Wildman–Crippen LogP) is 2.03. The number of rotatable bonds is 6. The first-order chi connectivity index (χ1) is 7.65. The van der Waals surface area contributed by atoms with Gasteiger partial charge in [0, 0.05) is 13.0 Å². The van der Waals surface area contributed by atoms with Gasteiger partial charge >= 0.3 is 0 Å². The van der Waals surface area contributed by atoms with Crippen LogP contribution in [0.1, 0.15) is 46.0 Å². The molecule has 4 nitrogen and oxygen atoms in total. The van der Waals surface area contributed by atoms with E-state index in [1.54, 1.807) is 0 Å². The van der Waals surface area contributed by atoms with Crippen LogP contribution in [0.25, 0.3) is 0 Å². The van der Waals surface area contributed by atoms with E-state index < -0.39 is 0 Å². The van der Waals surface area contributed by atoms with Gasteiger partial charge in [-0.25, -0.2) is 0 Å². The quantitative estimate of drug-likeness (QED) is 0.316. The molecule has 16 heavy (non-hydrogen) atoms. The summed E-state index contributed by atoms with van der Waals surface area (Å²) >= 11 is 0. The summed E-state index contributed by atoms with van der Waals surface area (Å²) in [5, 5.41) is 11.4. The predicted molar refractivity (Wildman–Crippen MR) is 66.7 cm³/mol. The number of likely N-dealkylation sites (tertiary alicyclic amines) is 1. The molecule has 0 unspecified atom stereocenters. The molecule has 1 aliphatic rings. The second-order valence-corrected chi connectivity index (χ2v) is 4.93. The molecule has 0 aromatic carbocycles. The van der Waals surface area contributed by atoms with Gasteiger partial charge in [0.15, 0.2) is 0 Å². The highest BCUT2D eigenvalue weighted by molar-refractivity contribution is 5.79. The van der Waals surface area contributed by atoms with Gasteiger partial charge < -0.3 is 15.8 Å². The van der Waals surface area contributed by atoms with Crippen molar-refractivity contribution in [3.8, 4) is 0 Å². The normalized spacial score (nSPS) is 21.5. The van der Waals surface area contributed by atoms with Crippen molar-refractivity contribution < 1.29 is 5.21 Å². The molecule has 1 aliphatic heterocycles. The first kappa shape index (κ1) is 13.3. The standard InChI is InChI=1S/C12H25N3O/c1-3-12(4-2)7-9-15(10-12)8-5-6-11(13)14-16/h16H,3-10H2,1-2H3,(H2,13,14). The molecule has 3 N–H and O–H groups in total. The van der Waals surface area contributed by atoms with Crippen molar-refractivity contribution in [2.45, 2.75) is 46.0 Å². The third-order valence-corrected chi connectivity index (χ3v) is 4.05. The van der Waals surface area contributed by atoms with Gasteiger partial charge in [0.25, 0.3) is 0 Å². The van der Waals surface area contributed by atoms with E-state index in [-0.39, 0.29) is 0 Å². The molecular weight excluding hydrogens is 202 g/mol. The lowest BCUT2D eigenvalue weighted by Crippen LogP contribution is -2.27. The van der Waals surface area contributed by atoms with E-state index in [2.05, 4.69) is 23.9 Å². The largest absolute Gasteiger partial charge is 0.409 e. The van der Waals surface area contributed by atoms with Gasteiger partial charge in [0.05, 0.1) is 0 Å². The molecular formula is C12H25N3O. The Labute approximate surface area is 98.5 Å². The van der Waals surface area contributed by atoms with Crippen LogP contribution in [0.5, 0.6) is 0 Å². The van der Waals surface area contributed by atoms with Crippen LogP contribution in [0.3, 0.4) is 0 Å². The van der Waals surface area contributed by atoms with Gasteiger partial charge in [-0.1, -0.05) is 19.0 Å². The van der Waals surface area contributed by atoms with Crippen LogP contribution in [0.2, 0.25) is 0 Å². The molecule has 1 fully saturated rings. The smallest absolute Gasteiger partial charge is 0.139 e. The Morgan fingerprint density at radius 2 is 2.12 bits per heavy atom. The fraction of sp³-hybridized carbons (Fsp3) is 0.917. The van der Waals surface area contributed by atoms with Gasteiger partial charge in [-0.3, -0.25) is 0 Å². The zero-order chi connectivity index (χ0) is 12.0. The number of hydrogen-bond donors (Lipinski definition) is 2. The highest BCUT2D eigenvalue weighted by Gasteiger charge is 2.34. The minimum Gasteiger partial charge on any atom is -0.409 e. The second kappa shape index (κ2) is 6.09. The van der Waals surface area contributed by atoms with E-state index in [1.807, 2.05) is 0 Å². The molecule has 1 heterocycles. The summed E-state index contributed by atoms with van der Waals surface area (Å²) < 4.78 is 0. The lowest BCUT2D eigenvalue weighted by Gasteiger charge is -2.26. The third-order valence-electron chi connectivity index (χ3n) is 4.05. The minimum absolute atomic E-state index is 0.344. The molecule has 0 aliphatic carbocycles. The van der Waals surface area contributed by atoms with E-state index in [1.165, 1.54) is 32.4 Å². The first-order valence-electron chi connectivity index (χ1n) is 6.34. The Bertz CT molecular complexity index is 236. The molecule has 0 aromatic heterocycles. The summed E-state index contributed by atoms with van der Waals surface area (Å²) in [5.74, 6) is 0.344. The zero-order valence-corrected chi connectivity index (χ0v) is 10.6. The fourth-order valence-electron chi connectivity index (χ4n) is 2.58. The molecule has 0 atom stereocenters. The van der Waals surface area contributed by atoms with Crippen LogP contribution in [0.4, 0.5) is 0 Å². The maximum atomic E-state index is 8.44. The third kappa shape index (κ3) is 3.37. The van der Waals surface area contributed by atoms with Crippen molar-refractivity contribution in [3.63, 3.8) is 0 Å². The van der Waals surface area contributed by atoms with Crippen molar-refractivity contribution in [3.05, 3.63) is 0 Å². The Hall–Kier alpha value is -0.770. The SMILES string of the molecule is CCC1(CC)CCN(CCCC(N)=NO)C1. The molecule has 4 heteroatoms. The molecule has 94 valence electrons. The molecule has 0 radical (unpaired) electrons. The summed E-state index contributed by atoms with van der Waals surface area (Å²) in [4.78, 5) is 2.51. The van der Waals surface area contributed by atoms with E-state index in [0.29, 0.717) is 17.7 Å². The fourth-order valence-corrected chi connectivity index (χ4v) is 2.58. The maximum Gasteiger partial charge on any atom is 0.139 e. The van der Waals surface area contributed by atoms with Crippen LogP contribution in [-0.4, -0.2) is 35.6 Å². The van der Waals surface area contributed by atoms with Crippen molar-refractivity contribution in [2.75, 3.05) is 19.6 Å². The Morgan fingerprint density at radius 3 is 2.62 bits per heavy atom. The van der Waals surface area contributed by atoms with Gasteiger partial charge in [-0.2, -0.15) is 0 Å².